The Hall–Kier alpha value is -3.54. The Kier molecular flexibility index (Phi) is 7.27. The van der Waals surface area contributed by atoms with Crippen LogP contribution in [0, 0.1) is 0 Å². The van der Waals surface area contributed by atoms with Crippen LogP contribution >= 0.6 is 0 Å². The van der Waals surface area contributed by atoms with Crippen LogP contribution < -0.4 is 10.1 Å². The van der Waals surface area contributed by atoms with E-state index in [1.807, 2.05) is 54.6 Å². The van der Waals surface area contributed by atoms with Crippen LogP contribution in [0.1, 0.15) is 30.2 Å². The zero-order valence-electron chi connectivity index (χ0n) is 17.1. The molecule has 3 aromatic rings. The maximum atomic E-state index is 12.5. The third-order valence-corrected chi connectivity index (χ3v) is 4.77. The smallest absolute Gasteiger partial charge is 0.307 e. The van der Waals surface area contributed by atoms with E-state index in [2.05, 4.69) is 5.32 Å². The predicted molar refractivity (Wildman–Crippen MR) is 113 cm³/mol. The first kappa shape index (κ1) is 21.2. The molecule has 0 saturated carbocycles. The molecule has 30 heavy (non-hydrogen) atoms. The lowest BCUT2D eigenvalue weighted by atomic mass is 10.0. The summed E-state index contributed by atoms with van der Waals surface area (Å²) < 4.78 is 15.8. The number of hydrogen-bond acceptors (Lipinski definition) is 5. The predicted octanol–water partition coefficient (Wildman–Crippen LogP) is 4.31. The molecular weight excluding hydrogens is 382 g/mol. The number of benzene rings is 2. The van der Waals surface area contributed by atoms with E-state index in [0.29, 0.717) is 12.2 Å². The molecule has 3 rings (SSSR count). The summed E-state index contributed by atoms with van der Waals surface area (Å²) >= 11 is 0. The highest BCUT2D eigenvalue weighted by Crippen LogP contribution is 2.23. The van der Waals surface area contributed by atoms with Crippen molar-refractivity contribution in [3.8, 4) is 17.1 Å². The van der Waals surface area contributed by atoms with Crippen molar-refractivity contribution in [2.24, 2.45) is 0 Å². The lowest BCUT2D eigenvalue weighted by Crippen LogP contribution is -2.30. The van der Waals surface area contributed by atoms with Crippen molar-refractivity contribution < 1.29 is 23.5 Å². The fourth-order valence-corrected chi connectivity index (χ4v) is 3.11. The average Bonchev–Trinajstić information content (AvgIpc) is 3.27. The number of nitrogens with one attached hydrogen (secondary N) is 1. The first-order valence-electron chi connectivity index (χ1n) is 9.73. The summed E-state index contributed by atoms with van der Waals surface area (Å²) in [5.74, 6) is 1.65. The maximum Gasteiger partial charge on any atom is 0.307 e. The van der Waals surface area contributed by atoms with Crippen LogP contribution in [0.4, 0.5) is 0 Å². The molecule has 6 heteroatoms. The lowest BCUT2D eigenvalue weighted by molar-refractivity contribution is -0.141. The number of ether oxygens (including phenoxy) is 2. The Morgan fingerprint density at radius 1 is 0.967 bits per heavy atom. The second-order valence-corrected chi connectivity index (χ2v) is 6.81. The molecule has 0 saturated heterocycles. The Labute approximate surface area is 175 Å². The second kappa shape index (κ2) is 10.3. The fourth-order valence-electron chi connectivity index (χ4n) is 3.11. The summed E-state index contributed by atoms with van der Waals surface area (Å²) in [6.45, 7) is 0. The first-order valence-corrected chi connectivity index (χ1v) is 9.73. The molecule has 156 valence electrons. The second-order valence-electron chi connectivity index (χ2n) is 6.81. The molecule has 1 aromatic heterocycles. The molecule has 1 atom stereocenters. The third-order valence-electron chi connectivity index (χ3n) is 4.77. The van der Waals surface area contributed by atoms with Gasteiger partial charge >= 0.3 is 5.97 Å². The number of rotatable bonds is 9. The van der Waals surface area contributed by atoms with Crippen LogP contribution in [0.3, 0.4) is 0 Å². The maximum absolute atomic E-state index is 12.5. The highest BCUT2D eigenvalue weighted by Gasteiger charge is 2.19. The molecule has 1 unspecified atom stereocenters. The Morgan fingerprint density at radius 2 is 1.70 bits per heavy atom. The third kappa shape index (κ3) is 5.73. The van der Waals surface area contributed by atoms with Crippen LogP contribution in [0.15, 0.2) is 71.1 Å². The van der Waals surface area contributed by atoms with Crippen molar-refractivity contribution >= 4 is 11.9 Å². The van der Waals surface area contributed by atoms with Gasteiger partial charge in [0.05, 0.1) is 26.7 Å². The number of aryl methyl sites for hydroxylation is 1. The summed E-state index contributed by atoms with van der Waals surface area (Å²) in [6, 6.07) is 20.3. The van der Waals surface area contributed by atoms with E-state index < -0.39 is 12.0 Å². The van der Waals surface area contributed by atoms with Crippen LogP contribution in [-0.2, 0) is 20.7 Å². The van der Waals surface area contributed by atoms with E-state index in [4.69, 9.17) is 13.9 Å². The number of hydrogen-bond donors (Lipinski definition) is 1. The summed E-state index contributed by atoms with van der Waals surface area (Å²) in [7, 11) is 2.91. The van der Waals surface area contributed by atoms with Crippen molar-refractivity contribution in [2.75, 3.05) is 14.2 Å². The SMILES string of the molecule is COC(=O)CC(NC(=O)CCc1ccc(-c2ccccc2)o1)c1ccc(OC)cc1. The molecule has 1 N–H and O–H groups in total. The van der Waals surface area contributed by atoms with Crippen molar-refractivity contribution in [1.29, 1.82) is 0 Å². The number of esters is 1. The van der Waals surface area contributed by atoms with Crippen molar-refractivity contribution in [2.45, 2.75) is 25.3 Å². The van der Waals surface area contributed by atoms with Crippen molar-refractivity contribution in [1.82, 2.24) is 5.32 Å². The van der Waals surface area contributed by atoms with Crippen molar-refractivity contribution in [3.05, 3.63) is 78.1 Å². The summed E-state index contributed by atoms with van der Waals surface area (Å²) in [5.41, 5.74) is 1.80. The number of amides is 1. The van der Waals surface area contributed by atoms with Gasteiger partial charge in [-0.2, -0.15) is 0 Å². The Morgan fingerprint density at radius 3 is 2.37 bits per heavy atom. The van der Waals surface area contributed by atoms with Crippen molar-refractivity contribution in [3.63, 3.8) is 0 Å². The van der Waals surface area contributed by atoms with Gasteiger partial charge < -0.3 is 19.2 Å². The lowest BCUT2D eigenvalue weighted by Gasteiger charge is -2.18. The van der Waals surface area contributed by atoms with E-state index >= 15 is 0 Å². The van der Waals surface area contributed by atoms with Crippen LogP contribution in [0.5, 0.6) is 5.75 Å². The monoisotopic (exact) mass is 407 g/mol. The highest BCUT2D eigenvalue weighted by molar-refractivity contribution is 5.78. The minimum Gasteiger partial charge on any atom is -0.497 e. The van der Waals surface area contributed by atoms with Crippen LogP contribution in [-0.4, -0.2) is 26.1 Å². The molecule has 2 aromatic carbocycles. The van der Waals surface area contributed by atoms with Gasteiger partial charge in [-0.1, -0.05) is 42.5 Å². The summed E-state index contributed by atoms with van der Waals surface area (Å²) in [6.07, 6.45) is 0.759. The van der Waals surface area contributed by atoms with Crippen LogP contribution in [0.25, 0.3) is 11.3 Å². The molecule has 1 heterocycles. The normalized spacial score (nSPS) is 11.5. The van der Waals surface area contributed by atoms with Gasteiger partial charge in [-0.15, -0.1) is 0 Å². The highest BCUT2D eigenvalue weighted by atomic mass is 16.5. The van der Waals surface area contributed by atoms with Gasteiger partial charge in [0.1, 0.15) is 17.3 Å². The van der Waals surface area contributed by atoms with Gasteiger partial charge in [0.2, 0.25) is 5.91 Å². The fraction of sp³-hybridized carbons (Fsp3) is 0.250. The van der Waals surface area contributed by atoms with Gasteiger partial charge in [0.15, 0.2) is 0 Å². The molecule has 1 amide bonds. The van der Waals surface area contributed by atoms with Gasteiger partial charge in [-0.3, -0.25) is 9.59 Å². The molecule has 0 aliphatic carbocycles. The van der Waals surface area contributed by atoms with Gasteiger partial charge in [0.25, 0.3) is 0 Å². The molecule has 0 aliphatic heterocycles. The topological polar surface area (TPSA) is 77.8 Å². The minimum atomic E-state index is -0.479. The van der Waals surface area contributed by atoms with Gasteiger partial charge in [-0.25, -0.2) is 0 Å². The van der Waals surface area contributed by atoms with E-state index in [1.165, 1.54) is 7.11 Å². The largest absolute Gasteiger partial charge is 0.497 e. The summed E-state index contributed by atoms with van der Waals surface area (Å²) in [4.78, 5) is 24.3. The summed E-state index contributed by atoms with van der Waals surface area (Å²) in [5, 5.41) is 2.92. The number of carbonyl (C=O) groups excluding carboxylic acids is 2. The molecule has 0 radical (unpaired) electrons. The van der Waals surface area contributed by atoms with E-state index in [-0.39, 0.29) is 18.7 Å². The van der Waals surface area contributed by atoms with Gasteiger partial charge in [0, 0.05) is 18.4 Å². The van der Waals surface area contributed by atoms with E-state index in [9.17, 15) is 9.59 Å². The zero-order valence-corrected chi connectivity index (χ0v) is 17.1. The minimum absolute atomic E-state index is 0.0491. The quantitative estimate of drug-likeness (QED) is 0.535. The molecule has 0 fully saturated rings. The number of furan rings is 1. The van der Waals surface area contributed by atoms with Crippen LogP contribution in [0.2, 0.25) is 0 Å². The first-order chi connectivity index (χ1) is 14.6. The number of carbonyl (C=O) groups is 2. The van der Waals surface area contributed by atoms with E-state index in [0.717, 1.165) is 22.6 Å². The van der Waals surface area contributed by atoms with Gasteiger partial charge in [-0.05, 0) is 29.8 Å². The standard InChI is InChI=1S/C24H25NO5/c1-28-19-10-8-17(9-11-19)21(16-24(27)29-2)25-23(26)15-13-20-12-14-22(30-20)18-6-4-3-5-7-18/h3-12,14,21H,13,15-16H2,1-2H3,(H,25,26). The van der Waals surface area contributed by atoms with E-state index in [1.54, 1.807) is 19.2 Å². The molecule has 6 nitrogen and oxygen atoms in total. The molecule has 0 bridgehead atoms. The molecule has 0 aliphatic rings. The number of methoxy groups -OCH3 is 2. The molecule has 0 spiro atoms. The molecular formula is C24H25NO5. The average molecular weight is 407 g/mol. The zero-order chi connectivity index (χ0) is 21.3. The Bertz CT molecular complexity index is 963. The Balaban J connectivity index is 1.61.